The summed E-state index contributed by atoms with van der Waals surface area (Å²) < 4.78 is 5.65. The molecule has 0 bridgehead atoms. The normalized spacial score (nSPS) is 19.8. The molecular formula is C11H16ClN3O. The third-order valence-corrected chi connectivity index (χ3v) is 2.85. The summed E-state index contributed by atoms with van der Waals surface area (Å²) in [7, 11) is 0. The molecule has 1 saturated heterocycles. The lowest BCUT2D eigenvalue weighted by Gasteiger charge is -2.38. The van der Waals surface area contributed by atoms with Gasteiger partial charge in [-0.15, -0.1) is 11.6 Å². The number of hydrogen-bond donors (Lipinski definition) is 0. The molecule has 2 heterocycles. The van der Waals surface area contributed by atoms with Crippen LogP contribution in [0.3, 0.4) is 0 Å². The van der Waals surface area contributed by atoms with E-state index in [0.29, 0.717) is 5.88 Å². The van der Waals surface area contributed by atoms with Crippen molar-refractivity contribution in [2.24, 2.45) is 0 Å². The SMILES string of the molecule is CC1(C)CN(c2cnc(CCl)cn2)CCO1. The highest BCUT2D eigenvalue weighted by atomic mass is 35.5. The third-order valence-electron chi connectivity index (χ3n) is 2.58. The van der Waals surface area contributed by atoms with Crippen molar-refractivity contribution in [1.29, 1.82) is 0 Å². The van der Waals surface area contributed by atoms with Gasteiger partial charge in [0.15, 0.2) is 0 Å². The molecule has 0 amide bonds. The van der Waals surface area contributed by atoms with E-state index in [2.05, 4.69) is 28.7 Å². The van der Waals surface area contributed by atoms with Crippen LogP contribution >= 0.6 is 11.6 Å². The Morgan fingerprint density at radius 2 is 2.25 bits per heavy atom. The Bertz CT molecular complexity index is 353. The van der Waals surface area contributed by atoms with Crippen LogP contribution in [0.1, 0.15) is 19.5 Å². The van der Waals surface area contributed by atoms with Crippen LogP contribution in [-0.4, -0.2) is 35.3 Å². The van der Waals surface area contributed by atoms with Crippen LogP contribution in [0.5, 0.6) is 0 Å². The first-order valence-corrected chi connectivity index (χ1v) is 5.90. The van der Waals surface area contributed by atoms with Gasteiger partial charge in [0.2, 0.25) is 0 Å². The molecule has 16 heavy (non-hydrogen) atoms. The van der Waals surface area contributed by atoms with Crippen LogP contribution in [0, 0.1) is 0 Å². The average molecular weight is 242 g/mol. The zero-order valence-electron chi connectivity index (χ0n) is 9.61. The average Bonchev–Trinajstić information content (AvgIpc) is 2.28. The number of hydrogen-bond acceptors (Lipinski definition) is 4. The largest absolute Gasteiger partial charge is 0.372 e. The number of alkyl halides is 1. The number of nitrogens with zero attached hydrogens (tertiary/aromatic N) is 3. The highest BCUT2D eigenvalue weighted by Gasteiger charge is 2.27. The first-order chi connectivity index (χ1) is 7.61. The van der Waals surface area contributed by atoms with E-state index in [4.69, 9.17) is 16.3 Å². The van der Waals surface area contributed by atoms with Crippen molar-refractivity contribution in [3.8, 4) is 0 Å². The van der Waals surface area contributed by atoms with E-state index in [0.717, 1.165) is 31.2 Å². The molecule has 1 aromatic heterocycles. The lowest BCUT2D eigenvalue weighted by Crippen LogP contribution is -2.48. The number of anilines is 1. The molecule has 0 aliphatic carbocycles. The quantitative estimate of drug-likeness (QED) is 0.741. The van der Waals surface area contributed by atoms with Crippen LogP contribution in [0.15, 0.2) is 12.4 Å². The van der Waals surface area contributed by atoms with E-state index >= 15 is 0 Å². The third kappa shape index (κ3) is 2.62. The van der Waals surface area contributed by atoms with Gasteiger partial charge < -0.3 is 9.64 Å². The predicted octanol–water partition coefficient (Wildman–Crippen LogP) is 1.83. The highest BCUT2D eigenvalue weighted by molar-refractivity contribution is 6.16. The van der Waals surface area contributed by atoms with Gasteiger partial charge in [-0.25, -0.2) is 4.98 Å². The predicted molar refractivity (Wildman–Crippen MR) is 63.8 cm³/mol. The standard InChI is InChI=1S/C11H16ClN3O/c1-11(2)8-15(3-4-16-11)10-7-13-9(5-12)6-14-10/h6-7H,3-5,8H2,1-2H3. The Hall–Kier alpha value is -0.870. The van der Waals surface area contributed by atoms with Crippen LogP contribution in [0.25, 0.3) is 0 Å². The minimum atomic E-state index is -0.120. The molecule has 0 saturated carbocycles. The van der Waals surface area contributed by atoms with Crippen molar-refractivity contribution in [2.45, 2.75) is 25.3 Å². The summed E-state index contributed by atoms with van der Waals surface area (Å²) in [6, 6.07) is 0. The number of aromatic nitrogens is 2. The Kier molecular flexibility index (Phi) is 3.30. The zero-order chi connectivity index (χ0) is 11.6. The molecule has 0 atom stereocenters. The summed E-state index contributed by atoms with van der Waals surface area (Å²) in [5.41, 5.74) is 0.684. The van der Waals surface area contributed by atoms with Gasteiger partial charge in [0, 0.05) is 13.1 Å². The second kappa shape index (κ2) is 4.55. The number of rotatable bonds is 2. The maximum absolute atomic E-state index is 5.67. The van der Waals surface area contributed by atoms with E-state index in [1.807, 2.05) is 0 Å². The van der Waals surface area contributed by atoms with Crippen molar-refractivity contribution >= 4 is 17.4 Å². The second-order valence-corrected chi connectivity index (χ2v) is 4.80. The van der Waals surface area contributed by atoms with Crippen LogP contribution in [-0.2, 0) is 10.6 Å². The molecule has 0 unspecified atom stereocenters. The molecule has 1 aliphatic rings. The van der Waals surface area contributed by atoms with Crippen LogP contribution < -0.4 is 4.90 Å². The van der Waals surface area contributed by atoms with Crippen molar-refractivity contribution in [3.05, 3.63) is 18.1 Å². The first kappa shape index (κ1) is 11.6. The van der Waals surface area contributed by atoms with Crippen molar-refractivity contribution in [1.82, 2.24) is 9.97 Å². The molecule has 1 aromatic rings. The summed E-state index contributed by atoms with van der Waals surface area (Å²) in [5.74, 6) is 1.30. The molecule has 4 nitrogen and oxygen atoms in total. The molecule has 0 N–H and O–H groups in total. The number of morpholine rings is 1. The molecular weight excluding hydrogens is 226 g/mol. The Morgan fingerprint density at radius 3 is 2.81 bits per heavy atom. The van der Waals surface area contributed by atoms with E-state index in [-0.39, 0.29) is 5.60 Å². The Morgan fingerprint density at radius 1 is 1.44 bits per heavy atom. The van der Waals surface area contributed by atoms with Gasteiger partial charge in [-0.05, 0) is 13.8 Å². The minimum Gasteiger partial charge on any atom is -0.372 e. The maximum Gasteiger partial charge on any atom is 0.147 e. The van der Waals surface area contributed by atoms with Crippen LogP contribution in [0.2, 0.25) is 0 Å². The summed E-state index contributed by atoms with van der Waals surface area (Å²) >= 11 is 5.67. The van der Waals surface area contributed by atoms with Crippen molar-refractivity contribution in [3.63, 3.8) is 0 Å². The fourth-order valence-corrected chi connectivity index (χ4v) is 1.93. The van der Waals surface area contributed by atoms with E-state index in [1.165, 1.54) is 0 Å². The number of ether oxygens (including phenoxy) is 1. The van der Waals surface area contributed by atoms with Gasteiger partial charge in [-0.1, -0.05) is 0 Å². The minimum absolute atomic E-state index is 0.120. The van der Waals surface area contributed by atoms with Gasteiger partial charge in [0.25, 0.3) is 0 Å². The fourth-order valence-electron chi connectivity index (χ4n) is 1.79. The Labute approximate surface area is 101 Å². The van der Waals surface area contributed by atoms with Gasteiger partial charge >= 0.3 is 0 Å². The van der Waals surface area contributed by atoms with E-state index in [9.17, 15) is 0 Å². The summed E-state index contributed by atoms with van der Waals surface area (Å²) in [5, 5.41) is 0. The highest BCUT2D eigenvalue weighted by Crippen LogP contribution is 2.20. The molecule has 1 aliphatic heterocycles. The summed E-state index contributed by atoms with van der Waals surface area (Å²) in [4.78, 5) is 10.8. The number of halogens is 1. The molecule has 0 aromatic carbocycles. The molecule has 1 fully saturated rings. The monoisotopic (exact) mass is 241 g/mol. The summed E-state index contributed by atoms with van der Waals surface area (Å²) in [6.45, 7) is 6.59. The van der Waals surface area contributed by atoms with Crippen molar-refractivity contribution < 1.29 is 4.74 Å². The van der Waals surface area contributed by atoms with E-state index in [1.54, 1.807) is 12.4 Å². The van der Waals surface area contributed by atoms with Crippen LogP contribution in [0.4, 0.5) is 5.82 Å². The van der Waals surface area contributed by atoms with Gasteiger partial charge in [-0.3, -0.25) is 4.98 Å². The lowest BCUT2D eigenvalue weighted by atomic mass is 10.1. The molecule has 5 heteroatoms. The molecule has 0 radical (unpaired) electrons. The van der Waals surface area contributed by atoms with E-state index < -0.39 is 0 Å². The van der Waals surface area contributed by atoms with Gasteiger partial charge in [0.1, 0.15) is 5.82 Å². The van der Waals surface area contributed by atoms with Gasteiger partial charge in [-0.2, -0.15) is 0 Å². The topological polar surface area (TPSA) is 38.2 Å². The smallest absolute Gasteiger partial charge is 0.147 e. The second-order valence-electron chi connectivity index (χ2n) is 4.53. The molecule has 2 rings (SSSR count). The first-order valence-electron chi connectivity index (χ1n) is 5.36. The van der Waals surface area contributed by atoms with Crippen molar-refractivity contribution in [2.75, 3.05) is 24.6 Å². The molecule has 88 valence electrons. The van der Waals surface area contributed by atoms with Gasteiger partial charge in [0.05, 0.1) is 36.2 Å². The fraction of sp³-hybridized carbons (Fsp3) is 0.636. The molecule has 0 spiro atoms. The lowest BCUT2D eigenvalue weighted by molar-refractivity contribution is -0.0279. The maximum atomic E-state index is 5.67. The summed E-state index contributed by atoms with van der Waals surface area (Å²) in [6.07, 6.45) is 3.50. The zero-order valence-corrected chi connectivity index (χ0v) is 10.4. The Balaban J connectivity index is 2.11.